The molecule has 1 aromatic carbocycles. The van der Waals surface area contributed by atoms with Crippen molar-refractivity contribution in [3.05, 3.63) is 29.3 Å². The summed E-state index contributed by atoms with van der Waals surface area (Å²) in [5.74, 6) is 0. The molecule has 2 N–H and O–H groups in total. The van der Waals surface area contributed by atoms with Gasteiger partial charge in [-0.05, 0) is 56.4 Å². The van der Waals surface area contributed by atoms with Crippen LogP contribution in [0.1, 0.15) is 30.4 Å². The minimum absolute atomic E-state index is 0.297. The third kappa shape index (κ3) is 3.98. The molecule has 1 fully saturated rings. The summed E-state index contributed by atoms with van der Waals surface area (Å²) in [6, 6.07) is 5.54. The summed E-state index contributed by atoms with van der Waals surface area (Å²) >= 11 is 1.42. The van der Waals surface area contributed by atoms with E-state index in [1.165, 1.54) is 36.2 Å². The number of carbonyl (C=O) groups excluding carboxylic acids is 1. The van der Waals surface area contributed by atoms with E-state index in [-0.39, 0.29) is 6.03 Å². The first-order valence-corrected chi connectivity index (χ1v) is 8.67. The van der Waals surface area contributed by atoms with Gasteiger partial charge in [0.25, 0.3) is 0 Å². The van der Waals surface area contributed by atoms with Crippen LogP contribution in [-0.2, 0) is 0 Å². The zero-order chi connectivity index (χ0) is 16.2. The smallest absolute Gasteiger partial charge is 0.325 e. The van der Waals surface area contributed by atoms with Gasteiger partial charge in [-0.15, -0.1) is 10.2 Å². The first kappa shape index (κ1) is 15.7. The zero-order valence-electron chi connectivity index (χ0n) is 13.4. The summed E-state index contributed by atoms with van der Waals surface area (Å²) in [7, 11) is 0. The number of nitrogens with zero attached hydrogens (tertiary/aromatic N) is 3. The molecule has 2 amide bonds. The quantitative estimate of drug-likeness (QED) is 0.898. The van der Waals surface area contributed by atoms with Crippen molar-refractivity contribution < 1.29 is 4.79 Å². The van der Waals surface area contributed by atoms with Crippen molar-refractivity contribution in [3.8, 4) is 0 Å². The van der Waals surface area contributed by atoms with E-state index in [2.05, 4.69) is 25.7 Å². The monoisotopic (exact) mass is 331 g/mol. The fraction of sp³-hybridized carbons (Fsp3) is 0.438. The van der Waals surface area contributed by atoms with Crippen LogP contribution >= 0.6 is 11.3 Å². The van der Waals surface area contributed by atoms with Gasteiger partial charge in [-0.1, -0.05) is 17.4 Å². The number of urea groups is 1. The van der Waals surface area contributed by atoms with Gasteiger partial charge < -0.3 is 10.2 Å². The second kappa shape index (κ2) is 6.95. The number of carbonyl (C=O) groups is 1. The highest BCUT2D eigenvalue weighted by Gasteiger charge is 2.16. The molecule has 1 aliphatic rings. The highest BCUT2D eigenvalue weighted by Crippen LogP contribution is 2.26. The third-order valence-corrected chi connectivity index (χ3v) is 4.93. The molecule has 3 rings (SSSR count). The number of nitrogens with one attached hydrogen (secondary N) is 2. The van der Waals surface area contributed by atoms with Crippen molar-refractivity contribution in [1.29, 1.82) is 0 Å². The van der Waals surface area contributed by atoms with Crippen LogP contribution in [0.15, 0.2) is 18.2 Å². The first-order chi connectivity index (χ1) is 11.1. The Balaban J connectivity index is 1.59. The molecule has 0 radical (unpaired) electrons. The van der Waals surface area contributed by atoms with Crippen molar-refractivity contribution in [3.63, 3.8) is 0 Å². The van der Waals surface area contributed by atoms with Gasteiger partial charge >= 0.3 is 6.03 Å². The normalized spacial score (nSPS) is 14.6. The molecule has 23 heavy (non-hydrogen) atoms. The van der Waals surface area contributed by atoms with Gasteiger partial charge in [0, 0.05) is 18.8 Å². The van der Waals surface area contributed by atoms with E-state index in [0.29, 0.717) is 5.13 Å². The van der Waals surface area contributed by atoms with Crippen molar-refractivity contribution in [2.75, 3.05) is 28.6 Å². The van der Waals surface area contributed by atoms with E-state index >= 15 is 0 Å². The van der Waals surface area contributed by atoms with Gasteiger partial charge in [0.2, 0.25) is 10.3 Å². The van der Waals surface area contributed by atoms with Crippen molar-refractivity contribution >= 4 is 33.3 Å². The van der Waals surface area contributed by atoms with Crippen LogP contribution in [0.5, 0.6) is 0 Å². The van der Waals surface area contributed by atoms with E-state index in [1.807, 2.05) is 32.0 Å². The molecule has 0 bridgehead atoms. The van der Waals surface area contributed by atoms with Crippen LogP contribution in [0.2, 0.25) is 0 Å². The molecule has 0 spiro atoms. The molecule has 122 valence electrons. The molecule has 0 saturated carbocycles. The van der Waals surface area contributed by atoms with E-state index in [0.717, 1.165) is 29.5 Å². The Labute approximate surface area is 139 Å². The first-order valence-electron chi connectivity index (χ1n) is 7.85. The van der Waals surface area contributed by atoms with E-state index in [4.69, 9.17) is 0 Å². The minimum Gasteiger partial charge on any atom is -0.347 e. The molecule has 2 aromatic rings. The number of hydrogen-bond donors (Lipinski definition) is 2. The molecule has 0 aliphatic carbocycles. The van der Waals surface area contributed by atoms with Crippen LogP contribution in [0, 0.1) is 13.8 Å². The van der Waals surface area contributed by atoms with Crippen LogP contribution in [0.3, 0.4) is 0 Å². The summed E-state index contributed by atoms with van der Waals surface area (Å²) in [5, 5.41) is 15.2. The van der Waals surface area contributed by atoms with Crippen LogP contribution in [0.4, 0.5) is 20.7 Å². The van der Waals surface area contributed by atoms with Gasteiger partial charge in [-0.2, -0.15) is 0 Å². The van der Waals surface area contributed by atoms with Gasteiger partial charge in [0.15, 0.2) is 0 Å². The Bertz CT molecular complexity index is 694. The Morgan fingerprint density at radius 1 is 1.09 bits per heavy atom. The highest BCUT2D eigenvalue weighted by atomic mass is 32.1. The zero-order valence-corrected chi connectivity index (χ0v) is 14.2. The molecule has 1 saturated heterocycles. The average molecular weight is 331 g/mol. The lowest BCUT2D eigenvalue weighted by Gasteiger charge is -2.25. The summed E-state index contributed by atoms with van der Waals surface area (Å²) in [6.07, 6.45) is 3.66. The average Bonchev–Trinajstić information content (AvgIpc) is 3.00. The largest absolute Gasteiger partial charge is 0.347 e. The van der Waals surface area contributed by atoms with Gasteiger partial charge in [-0.3, -0.25) is 5.32 Å². The number of rotatable bonds is 3. The minimum atomic E-state index is -0.297. The number of amides is 2. The van der Waals surface area contributed by atoms with Crippen molar-refractivity contribution in [2.24, 2.45) is 0 Å². The van der Waals surface area contributed by atoms with Crippen LogP contribution < -0.4 is 15.5 Å². The number of anilines is 3. The highest BCUT2D eigenvalue weighted by molar-refractivity contribution is 7.19. The van der Waals surface area contributed by atoms with Crippen molar-refractivity contribution in [2.45, 2.75) is 33.1 Å². The van der Waals surface area contributed by atoms with E-state index < -0.39 is 0 Å². The maximum absolute atomic E-state index is 12.1. The SMILES string of the molecule is Cc1ccc(NC(=O)Nc2nnc(N3CCCCC3)s2)cc1C. The predicted molar refractivity (Wildman–Crippen MR) is 94.5 cm³/mol. The number of aromatic nitrogens is 2. The second-order valence-electron chi connectivity index (χ2n) is 5.82. The van der Waals surface area contributed by atoms with Crippen LogP contribution in [0.25, 0.3) is 0 Å². The van der Waals surface area contributed by atoms with Crippen LogP contribution in [-0.4, -0.2) is 29.3 Å². The molecule has 6 nitrogen and oxygen atoms in total. The molecular formula is C16H21N5OS. The van der Waals surface area contributed by atoms with Crippen molar-refractivity contribution in [1.82, 2.24) is 10.2 Å². The topological polar surface area (TPSA) is 70.1 Å². The fourth-order valence-corrected chi connectivity index (χ4v) is 3.35. The maximum atomic E-state index is 12.1. The molecule has 2 heterocycles. The second-order valence-corrected chi connectivity index (χ2v) is 6.77. The predicted octanol–water partition coefficient (Wildman–Crippen LogP) is 3.79. The molecule has 0 atom stereocenters. The molecular weight excluding hydrogens is 310 g/mol. The standard InChI is InChI=1S/C16H21N5OS/c1-11-6-7-13(10-12(11)2)17-14(22)18-15-19-20-16(23-15)21-8-4-3-5-9-21/h6-7,10H,3-5,8-9H2,1-2H3,(H2,17,18,19,22). The lowest BCUT2D eigenvalue weighted by Crippen LogP contribution is -2.29. The Hall–Kier alpha value is -2.15. The van der Waals surface area contributed by atoms with E-state index in [1.54, 1.807) is 0 Å². The van der Waals surface area contributed by atoms with Gasteiger partial charge in [0.05, 0.1) is 0 Å². The maximum Gasteiger partial charge on any atom is 0.325 e. The number of aryl methyl sites for hydroxylation is 2. The summed E-state index contributed by atoms with van der Waals surface area (Å²) in [4.78, 5) is 14.3. The lowest BCUT2D eigenvalue weighted by atomic mass is 10.1. The number of piperidine rings is 1. The number of benzene rings is 1. The summed E-state index contributed by atoms with van der Waals surface area (Å²) in [5.41, 5.74) is 3.11. The fourth-order valence-electron chi connectivity index (χ4n) is 2.56. The Kier molecular flexibility index (Phi) is 4.76. The Morgan fingerprint density at radius 3 is 2.61 bits per heavy atom. The number of hydrogen-bond acceptors (Lipinski definition) is 5. The molecule has 1 aromatic heterocycles. The summed E-state index contributed by atoms with van der Waals surface area (Å²) in [6.45, 7) is 6.10. The molecule has 0 unspecified atom stereocenters. The molecule has 7 heteroatoms. The summed E-state index contributed by atoms with van der Waals surface area (Å²) < 4.78 is 0. The molecule has 1 aliphatic heterocycles. The Morgan fingerprint density at radius 2 is 1.87 bits per heavy atom. The van der Waals surface area contributed by atoms with E-state index in [9.17, 15) is 4.79 Å². The lowest BCUT2D eigenvalue weighted by molar-refractivity contribution is 0.262. The third-order valence-electron chi connectivity index (χ3n) is 4.03. The van der Waals surface area contributed by atoms with Gasteiger partial charge in [0.1, 0.15) is 0 Å². The van der Waals surface area contributed by atoms with Gasteiger partial charge in [-0.25, -0.2) is 4.79 Å².